The van der Waals surface area contributed by atoms with Crippen molar-refractivity contribution in [1.29, 1.82) is 0 Å². The van der Waals surface area contributed by atoms with Gasteiger partial charge in [0, 0.05) is 4.47 Å². The van der Waals surface area contributed by atoms with Gasteiger partial charge in [0.15, 0.2) is 11.5 Å². The fraction of sp³-hybridized carbons (Fsp3) is 0.0588. The first-order valence-corrected chi connectivity index (χ1v) is 7.72. The summed E-state index contributed by atoms with van der Waals surface area (Å²) in [6.07, 6.45) is 1.30. The summed E-state index contributed by atoms with van der Waals surface area (Å²) in [4.78, 5) is 23.6. The number of carboxylic acid groups (broad SMARTS) is 1. The molecule has 0 atom stereocenters. The van der Waals surface area contributed by atoms with Crippen molar-refractivity contribution in [3.05, 3.63) is 63.8 Å². The molecule has 122 valence electrons. The number of halogens is 1. The molecule has 1 N–H and O–H groups in total. The molecule has 1 amide bonds. The number of aliphatic carboxylic acids is 1. The Labute approximate surface area is 145 Å². The number of hydrogen-bond acceptors (Lipinski definition) is 5. The predicted molar refractivity (Wildman–Crippen MR) is 87.2 cm³/mol. The van der Waals surface area contributed by atoms with Crippen LogP contribution < -0.4 is 19.9 Å². The van der Waals surface area contributed by atoms with Gasteiger partial charge in [-0.2, -0.15) is 0 Å². The highest BCUT2D eigenvalue weighted by molar-refractivity contribution is 9.10. The third-order valence-corrected chi connectivity index (χ3v) is 3.99. The third kappa shape index (κ3) is 3.41. The first-order chi connectivity index (χ1) is 11.5. The molecule has 1 heterocycles. The summed E-state index contributed by atoms with van der Waals surface area (Å²) in [5.41, 5.74) is 0.496. The van der Waals surface area contributed by atoms with E-state index in [1.54, 1.807) is 42.5 Å². The minimum absolute atomic E-state index is 0.120. The van der Waals surface area contributed by atoms with Crippen LogP contribution in [0.3, 0.4) is 0 Å². The number of nitrogens with one attached hydrogen (secondary N) is 1. The quantitative estimate of drug-likeness (QED) is 0.805. The van der Waals surface area contributed by atoms with Crippen molar-refractivity contribution in [2.45, 2.75) is 0 Å². The van der Waals surface area contributed by atoms with Crippen LogP contribution in [0.5, 0.6) is 11.5 Å². The highest BCUT2D eigenvalue weighted by atomic mass is 79.9. The molecule has 0 saturated carbocycles. The Morgan fingerprint density at radius 2 is 1.88 bits per heavy atom. The van der Waals surface area contributed by atoms with Crippen LogP contribution in [0.2, 0.25) is 0 Å². The Morgan fingerprint density at radius 1 is 1.12 bits per heavy atom. The molecule has 1 aliphatic heterocycles. The maximum absolute atomic E-state index is 12.2. The number of hydrogen-bond donors (Lipinski definition) is 1. The largest absolute Gasteiger partial charge is 0.543 e. The molecule has 7 heteroatoms. The lowest BCUT2D eigenvalue weighted by Gasteiger charge is -2.12. The van der Waals surface area contributed by atoms with Gasteiger partial charge >= 0.3 is 0 Å². The number of benzene rings is 2. The van der Waals surface area contributed by atoms with Crippen LogP contribution in [0.4, 0.5) is 0 Å². The molecule has 2 aromatic rings. The summed E-state index contributed by atoms with van der Waals surface area (Å²) in [5.74, 6) is -0.954. The standard InChI is InChI=1S/C17H12BrNO5/c18-12-4-2-1-3-11(12)16(20)19-13(17(21)22)7-10-5-6-14-15(8-10)24-9-23-14/h1-8H,9H2,(H,19,20)(H,21,22)/p-1/b13-7-. The summed E-state index contributed by atoms with van der Waals surface area (Å²) in [7, 11) is 0. The van der Waals surface area contributed by atoms with Crippen molar-refractivity contribution in [3.8, 4) is 11.5 Å². The lowest BCUT2D eigenvalue weighted by atomic mass is 10.1. The number of carbonyl (C=O) groups excluding carboxylic acids is 2. The summed E-state index contributed by atoms with van der Waals surface area (Å²) < 4.78 is 11.0. The van der Waals surface area contributed by atoms with E-state index in [4.69, 9.17) is 9.47 Å². The van der Waals surface area contributed by atoms with E-state index >= 15 is 0 Å². The van der Waals surface area contributed by atoms with Gasteiger partial charge in [0.2, 0.25) is 6.79 Å². The van der Waals surface area contributed by atoms with Gasteiger partial charge in [0.25, 0.3) is 5.91 Å². The average Bonchev–Trinajstić information content (AvgIpc) is 3.02. The molecule has 2 aromatic carbocycles. The van der Waals surface area contributed by atoms with Crippen molar-refractivity contribution < 1.29 is 24.2 Å². The predicted octanol–water partition coefficient (Wildman–Crippen LogP) is 1.70. The second kappa shape index (κ2) is 6.76. The maximum atomic E-state index is 12.2. The molecule has 0 fully saturated rings. The van der Waals surface area contributed by atoms with Gasteiger partial charge in [-0.25, -0.2) is 0 Å². The minimum atomic E-state index is -1.49. The Hall–Kier alpha value is -2.80. The number of ether oxygens (including phenoxy) is 2. The van der Waals surface area contributed by atoms with E-state index in [9.17, 15) is 14.7 Å². The van der Waals surface area contributed by atoms with Crippen LogP contribution in [0.15, 0.2) is 52.6 Å². The van der Waals surface area contributed by atoms with E-state index in [1.165, 1.54) is 6.08 Å². The molecular formula is C17H11BrNO5-. The van der Waals surface area contributed by atoms with Crippen molar-refractivity contribution in [2.24, 2.45) is 0 Å². The number of carbonyl (C=O) groups is 2. The Bertz CT molecular complexity index is 847. The smallest absolute Gasteiger partial charge is 0.256 e. The second-order valence-corrected chi connectivity index (χ2v) is 5.75. The summed E-state index contributed by atoms with van der Waals surface area (Å²) in [6, 6.07) is 11.6. The van der Waals surface area contributed by atoms with Gasteiger partial charge in [-0.3, -0.25) is 4.79 Å². The number of carboxylic acids is 1. The van der Waals surface area contributed by atoms with Crippen LogP contribution in [0.25, 0.3) is 6.08 Å². The van der Waals surface area contributed by atoms with Crippen LogP contribution in [-0.2, 0) is 4.79 Å². The number of rotatable bonds is 4. The van der Waals surface area contributed by atoms with Gasteiger partial charge in [-0.05, 0) is 51.8 Å². The third-order valence-electron chi connectivity index (χ3n) is 3.29. The summed E-state index contributed by atoms with van der Waals surface area (Å²) >= 11 is 3.25. The van der Waals surface area contributed by atoms with E-state index in [2.05, 4.69) is 21.2 Å². The van der Waals surface area contributed by atoms with Gasteiger partial charge in [0.05, 0.1) is 17.2 Å². The first-order valence-electron chi connectivity index (χ1n) is 6.93. The molecule has 0 unspecified atom stereocenters. The van der Waals surface area contributed by atoms with Gasteiger partial charge in [0.1, 0.15) is 0 Å². The number of amides is 1. The Kier molecular flexibility index (Phi) is 4.52. The molecule has 0 aliphatic carbocycles. The van der Waals surface area contributed by atoms with Crippen molar-refractivity contribution in [3.63, 3.8) is 0 Å². The summed E-state index contributed by atoms with van der Waals surface area (Å²) in [5, 5.41) is 13.7. The minimum Gasteiger partial charge on any atom is -0.543 e. The lowest BCUT2D eigenvalue weighted by molar-refractivity contribution is -0.299. The molecule has 6 nitrogen and oxygen atoms in total. The van der Waals surface area contributed by atoms with Gasteiger partial charge in [-0.15, -0.1) is 0 Å². The van der Waals surface area contributed by atoms with E-state index in [1.807, 2.05) is 0 Å². The molecule has 24 heavy (non-hydrogen) atoms. The topological polar surface area (TPSA) is 87.7 Å². The van der Waals surface area contributed by atoms with Crippen LogP contribution >= 0.6 is 15.9 Å². The van der Waals surface area contributed by atoms with Gasteiger partial charge < -0.3 is 24.7 Å². The molecule has 1 aliphatic rings. The van der Waals surface area contributed by atoms with Gasteiger partial charge in [-0.1, -0.05) is 18.2 Å². The SMILES string of the molecule is O=C([O-])/C(=C/c1ccc2c(c1)OCO2)NC(=O)c1ccccc1Br. The zero-order chi connectivity index (χ0) is 17.1. The Morgan fingerprint density at radius 3 is 2.62 bits per heavy atom. The van der Waals surface area contributed by atoms with Crippen molar-refractivity contribution >= 4 is 33.9 Å². The highest BCUT2D eigenvalue weighted by Crippen LogP contribution is 2.33. The summed E-state index contributed by atoms with van der Waals surface area (Å²) in [6.45, 7) is 0.120. The fourth-order valence-corrected chi connectivity index (χ4v) is 2.62. The molecule has 0 spiro atoms. The zero-order valence-electron chi connectivity index (χ0n) is 12.2. The van der Waals surface area contributed by atoms with Crippen LogP contribution in [-0.4, -0.2) is 18.7 Å². The monoisotopic (exact) mass is 388 g/mol. The average molecular weight is 389 g/mol. The number of fused-ring (bicyclic) bond motifs is 1. The fourth-order valence-electron chi connectivity index (χ4n) is 2.15. The van der Waals surface area contributed by atoms with Crippen LogP contribution in [0.1, 0.15) is 15.9 Å². The first kappa shape index (κ1) is 16.1. The molecule has 0 bridgehead atoms. The molecular weight excluding hydrogens is 378 g/mol. The molecule has 0 radical (unpaired) electrons. The van der Waals surface area contributed by atoms with E-state index in [0.717, 1.165) is 0 Å². The highest BCUT2D eigenvalue weighted by Gasteiger charge is 2.14. The van der Waals surface area contributed by atoms with E-state index < -0.39 is 11.9 Å². The zero-order valence-corrected chi connectivity index (χ0v) is 13.8. The normalized spacial score (nSPS) is 12.8. The van der Waals surface area contributed by atoms with Crippen LogP contribution in [0, 0.1) is 0 Å². The molecule has 0 aromatic heterocycles. The molecule has 3 rings (SSSR count). The second-order valence-electron chi connectivity index (χ2n) is 4.89. The lowest BCUT2D eigenvalue weighted by Crippen LogP contribution is -2.35. The van der Waals surface area contributed by atoms with Crippen molar-refractivity contribution in [1.82, 2.24) is 5.32 Å². The van der Waals surface area contributed by atoms with Crippen molar-refractivity contribution in [2.75, 3.05) is 6.79 Å². The van der Waals surface area contributed by atoms with E-state index in [0.29, 0.717) is 27.1 Å². The maximum Gasteiger partial charge on any atom is 0.256 e. The Balaban J connectivity index is 1.86. The molecule has 0 saturated heterocycles. The van der Waals surface area contributed by atoms with E-state index in [-0.39, 0.29) is 12.5 Å².